The van der Waals surface area contributed by atoms with Gasteiger partial charge in [0, 0.05) is 62.2 Å². The molecular formula is C25H33N5O4S3. The lowest BCUT2D eigenvalue weighted by molar-refractivity contribution is 0.534. The zero-order valence-electron chi connectivity index (χ0n) is 21.4. The summed E-state index contributed by atoms with van der Waals surface area (Å²) in [4.78, 5) is 13.6. The molecule has 12 heteroatoms. The molecular weight excluding hydrogens is 531 g/mol. The first-order valence-electron chi connectivity index (χ1n) is 12.5. The topological polar surface area (TPSA) is 105 Å². The molecule has 0 saturated carbocycles. The standard InChI is InChI=1S/C25H33N5O4S3/c1-35-25-26-12-7-23(27-25)30-17-22(29-15-10-19(11-16-29)37(3,33)34)24-20(5-4-6-21(24)30)28-13-8-18(9-14-28)36(2,31)32/h4-7,12,17-19H,8-11,13-16H2,1-3H3. The fourth-order valence-electron chi connectivity index (χ4n) is 5.55. The van der Waals surface area contributed by atoms with Gasteiger partial charge >= 0.3 is 0 Å². The van der Waals surface area contributed by atoms with E-state index in [9.17, 15) is 16.8 Å². The molecule has 0 amide bonds. The molecule has 4 heterocycles. The van der Waals surface area contributed by atoms with Crippen LogP contribution in [0.3, 0.4) is 0 Å². The highest BCUT2D eigenvalue weighted by Crippen LogP contribution is 2.40. The Balaban J connectivity index is 1.58. The number of aromatic nitrogens is 3. The normalized spacial score (nSPS) is 18.6. The number of piperidine rings is 2. The van der Waals surface area contributed by atoms with E-state index in [2.05, 4.69) is 37.7 Å². The van der Waals surface area contributed by atoms with Gasteiger partial charge in [-0.3, -0.25) is 4.57 Å². The van der Waals surface area contributed by atoms with Crippen molar-refractivity contribution in [1.82, 2.24) is 14.5 Å². The molecule has 2 aromatic heterocycles. The van der Waals surface area contributed by atoms with Crippen molar-refractivity contribution in [2.24, 2.45) is 0 Å². The van der Waals surface area contributed by atoms with Crippen LogP contribution < -0.4 is 9.80 Å². The lowest BCUT2D eigenvalue weighted by Gasteiger charge is -2.35. The van der Waals surface area contributed by atoms with Crippen LogP contribution in [0.15, 0.2) is 41.8 Å². The van der Waals surface area contributed by atoms with Gasteiger partial charge in [-0.25, -0.2) is 26.8 Å². The van der Waals surface area contributed by atoms with Gasteiger partial charge in [-0.15, -0.1) is 0 Å². The van der Waals surface area contributed by atoms with Crippen LogP contribution in [0.4, 0.5) is 11.4 Å². The summed E-state index contributed by atoms with van der Waals surface area (Å²) in [5.74, 6) is 0.773. The summed E-state index contributed by atoms with van der Waals surface area (Å²) in [6.45, 7) is 2.64. The number of sulfone groups is 2. The molecule has 0 spiro atoms. The van der Waals surface area contributed by atoms with Crippen LogP contribution in [0.2, 0.25) is 0 Å². The molecule has 5 rings (SSSR count). The van der Waals surface area contributed by atoms with Gasteiger partial charge in [0.1, 0.15) is 25.5 Å². The van der Waals surface area contributed by atoms with E-state index in [1.807, 2.05) is 18.4 Å². The Morgan fingerprint density at radius 1 is 0.838 bits per heavy atom. The second-order valence-electron chi connectivity index (χ2n) is 9.99. The summed E-state index contributed by atoms with van der Waals surface area (Å²) < 4.78 is 50.7. The van der Waals surface area contributed by atoms with Crippen molar-refractivity contribution in [2.75, 3.05) is 54.7 Å². The SMILES string of the molecule is CSc1nccc(-n2cc(N3CCC(S(C)(=O)=O)CC3)c3c(N4CCC(S(C)(=O)=O)CC4)cccc32)n1. The van der Waals surface area contributed by atoms with Gasteiger partial charge in [-0.05, 0) is 50.1 Å². The number of rotatable bonds is 6. The molecule has 0 radical (unpaired) electrons. The highest BCUT2D eigenvalue weighted by molar-refractivity contribution is 7.98. The van der Waals surface area contributed by atoms with E-state index in [0.717, 1.165) is 28.1 Å². The first kappa shape index (κ1) is 26.3. The molecule has 37 heavy (non-hydrogen) atoms. The van der Waals surface area contributed by atoms with Gasteiger partial charge in [0.25, 0.3) is 0 Å². The second-order valence-corrected chi connectivity index (χ2v) is 15.4. The number of hydrogen-bond acceptors (Lipinski definition) is 9. The molecule has 1 aromatic carbocycles. The minimum atomic E-state index is -3.07. The van der Waals surface area contributed by atoms with Crippen molar-refractivity contribution in [3.63, 3.8) is 0 Å². The minimum Gasteiger partial charge on any atom is -0.371 e. The zero-order chi connectivity index (χ0) is 26.4. The molecule has 2 fully saturated rings. The summed E-state index contributed by atoms with van der Waals surface area (Å²) in [5.41, 5.74) is 3.13. The number of anilines is 2. The molecule has 0 N–H and O–H groups in total. The fourth-order valence-corrected chi connectivity index (χ4v) is 8.04. The highest BCUT2D eigenvalue weighted by Gasteiger charge is 2.31. The number of fused-ring (bicyclic) bond motifs is 1. The molecule has 200 valence electrons. The second kappa shape index (κ2) is 10.1. The number of benzene rings is 1. The summed E-state index contributed by atoms with van der Waals surface area (Å²) in [5, 5.41) is 1.17. The van der Waals surface area contributed by atoms with Crippen LogP contribution in [-0.2, 0) is 19.7 Å². The monoisotopic (exact) mass is 563 g/mol. The first-order valence-corrected chi connectivity index (χ1v) is 17.6. The van der Waals surface area contributed by atoms with Crippen molar-refractivity contribution in [3.05, 3.63) is 36.7 Å². The minimum absolute atomic E-state index is 0.298. The van der Waals surface area contributed by atoms with Gasteiger partial charge in [-0.1, -0.05) is 17.8 Å². The van der Waals surface area contributed by atoms with Crippen molar-refractivity contribution in [2.45, 2.75) is 41.3 Å². The summed E-state index contributed by atoms with van der Waals surface area (Å²) in [6.07, 6.45) is 10.9. The molecule has 2 saturated heterocycles. The average Bonchev–Trinajstić information content (AvgIpc) is 3.28. The van der Waals surface area contributed by atoms with Crippen LogP contribution >= 0.6 is 11.8 Å². The van der Waals surface area contributed by atoms with Crippen LogP contribution in [0.5, 0.6) is 0 Å². The van der Waals surface area contributed by atoms with Crippen LogP contribution in [-0.4, -0.2) is 86.8 Å². The van der Waals surface area contributed by atoms with Crippen LogP contribution in [0.1, 0.15) is 25.7 Å². The quantitative estimate of drug-likeness (QED) is 0.330. The van der Waals surface area contributed by atoms with Crippen molar-refractivity contribution in [1.29, 1.82) is 0 Å². The predicted octanol–water partition coefficient (Wildman–Crippen LogP) is 3.17. The lowest BCUT2D eigenvalue weighted by atomic mass is 10.1. The van der Waals surface area contributed by atoms with Crippen molar-refractivity contribution < 1.29 is 16.8 Å². The van der Waals surface area contributed by atoms with Gasteiger partial charge in [-0.2, -0.15) is 0 Å². The third-order valence-electron chi connectivity index (χ3n) is 7.61. The van der Waals surface area contributed by atoms with Crippen LogP contribution in [0, 0.1) is 0 Å². The molecule has 2 aliphatic rings. The zero-order valence-corrected chi connectivity index (χ0v) is 23.8. The Morgan fingerprint density at radius 3 is 1.95 bits per heavy atom. The maximum absolute atomic E-state index is 12.2. The Morgan fingerprint density at radius 2 is 1.41 bits per heavy atom. The Hall–Kier alpha value is -2.31. The maximum Gasteiger partial charge on any atom is 0.189 e. The Labute approximate surface area is 223 Å². The Kier molecular flexibility index (Phi) is 7.18. The van der Waals surface area contributed by atoms with E-state index in [1.165, 1.54) is 24.3 Å². The van der Waals surface area contributed by atoms with Crippen molar-refractivity contribution >= 4 is 53.7 Å². The maximum atomic E-state index is 12.2. The molecule has 0 bridgehead atoms. The van der Waals surface area contributed by atoms with E-state index in [-0.39, 0.29) is 10.5 Å². The third kappa shape index (κ3) is 5.33. The van der Waals surface area contributed by atoms with E-state index in [1.54, 1.807) is 6.20 Å². The van der Waals surface area contributed by atoms with E-state index in [4.69, 9.17) is 4.98 Å². The summed E-state index contributed by atoms with van der Waals surface area (Å²) >= 11 is 1.49. The van der Waals surface area contributed by atoms with Gasteiger partial charge in [0.2, 0.25) is 0 Å². The molecule has 3 aromatic rings. The predicted molar refractivity (Wildman–Crippen MR) is 151 cm³/mol. The highest BCUT2D eigenvalue weighted by atomic mass is 32.2. The number of hydrogen-bond donors (Lipinski definition) is 0. The molecule has 9 nitrogen and oxygen atoms in total. The first-order chi connectivity index (χ1) is 17.6. The van der Waals surface area contributed by atoms with E-state index >= 15 is 0 Å². The van der Waals surface area contributed by atoms with Gasteiger partial charge < -0.3 is 9.80 Å². The third-order valence-corrected chi connectivity index (χ3v) is 11.5. The van der Waals surface area contributed by atoms with Crippen LogP contribution in [0.25, 0.3) is 16.7 Å². The summed E-state index contributed by atoms with van der Waals surface area (Å²) in [6, 6.07) is 8.11. The number of nitrogens with zero attached hydrogens (tertiary/aromatic N) is 5. The molecule has 0 unspecified atom stereocenters. The van der Waals surface area contributed by atoms with Crippen molar-refractivity contribution in [3.8, 4) is 5.82 Å². The van der Waals surface area contributed by atoms with Gasteiger partial charge in [0.05, 0.1) is 21.7 Å². The van der Waals surface area contributed by atoms with E-state index in [0.29, 0.717) is 57.0 Å². The smallest absolute Gasteiger partial charge is 0.189 e. The molecule has 2 aliphatic heterocycles. The fraction of sp³-hybridized carbons (Fsp3) is 0.520. The summed E-state index contributed by atoms with van der Waals surface area (Å²) in [7, 11) is -6.13. The molecule has 0 atom stereocenters. The van der Waals surface area contributed by atoms with E-state index < -0.39 is 19.7 Å². The van der Waals surface area contributed by atoms with Gasteiger partial charge in [0.15, 0.2) is 5.16 Å². The average molecular weight is 564 g/mol. The largest absolute Gasteiger partial charge is 0.371 e. The number of thioether (sulfide) groups is 1. The lowest BCUT2D eigenvalue weighted by Crippen LogP contribution is -2.40. The molecule has 0 aliphatic carbocycles. The Bertz CT molecular complexity index is 1500.